The van der Waals surface area contributed by atoms with Crippen LogP contribution in [0.5, 0.6) is 5.75 Å². The summed E-state index contributed by atoms with van der Waals surface area (Å²) in [5.74, 6) is 0.214. The van der Waals surface area contributed by atoms with Gasteiger partial charge in [0.25, 0.3) is 0 Å². The molecule has 8 heteroatoms. The van der Waals surface area contributed by atoms with E-state index in [1.54, 1.807) is 37.3 Å². The van der Waals surface area contributed by atoms with Crippen LogP contribution in [0.1, 0.15) is 37.5 Å². The Labute approximate surface area is 215 Å². The zero-order chi connectivity index (χ0) is 26.2. The fourth-order valence-corrected chi connectivity index (χ4v) is 7.27. The van der Waals surface area contributed by atoms with Gasteiger partial charge in [0.2, 0.25) is 15.6 Å². The van der Waals surface area contributed by atoms with Crippen LogP contribution in [0.15, 0.2) is 70.5 Å². The van der Waals surface area contributed by atoms with Gasteiger partial charge in [-0.3, -0.25) is 4.79 Å². The van der Waals surface area contributed by atoms with Gasteiger partial charge in [-0.2, -0.15) is 0 Å². The van der Waals surface area contributed by atoms with Crippen molar-refractivity contribution in [3.05, 3.63) is 93.4 Å². The van der Waals surface area contributed by atoms with Gasteiger partial charge in [-0.05, 0) is 63.1 Å². The first-order valence-electron chi connectivity index (χ1n) is 11.3. The Morgan fingerprint density at radius 2 is 1.58 bits per heavy atom. The maximum atomic E-state index is 14.0. The second-order valence-corrected chi connectivity index (χ2v) is 11.6. The summed E-state index contributed by atoms with van der Waals surface area (Å²) in [6.07, 6.45) is 0. The van der Waals surface area contributed by atoms with Crippen molar-refractivity contribution >= 4 is 43.3 Å². The van der Waals surface area contributed by atoms with Crippen LogP contribution < -0.4 is 15.8 Å². The highest BCUT2D eigenvalue weighted by molar-refractivity contribution is 7.92. The van der Waals surface area contributed by atoms with E-state index in [-0.39, 0.29) is 31.1 Å². The average molecular weight is 521 g/mol. The molecule has 186 valence electrons. The average Bonchev–Trinajstić information content (AvgIpc) is 3.16. The van der Waals surface area contributed by atoms with Crippen molar-refractivity contribution in [2.75, 3.05) is 18.2 Å². The molecular formula is C28H28N2O4S2. The van der Waals surface area contributed by atoms with E-state index in [0.29, 0.717) is 22.6 Å². The third-order valence-electron chi connectivity index (χ3n) is 5.99. The molecular weight excluding hydrogens is 492 g/mol. The lowest BCUT2D eigenvalue weighted by Gasteiger charge is -2.13. The number of hydrogen-bond donors (Lipinski definition) is 2. The Morgan fingerprint density at radius 3 is 2.28 bits per heavy atom. The lowest BCUT2D eigenvalue weighted by Crippen LogP contribution is -2.10. The highest BCUT2D eigenvalue weighted by atomic mass is 32.2. The first-order chi connectivity index (χ1) is 17.0. The third-order valence-corrected chi connectivity index (χ3v) is 9.23. The Hall–Kier alpha value is -3.62. The number of nitrogens with one attached hydrogen (secondary N) is 1. The molecule has 0 aliphatic carbocycles. The molecule has 0 saturated carbocycles. The number of hydrogen-bond acceptors (Lipinski definition) is 7. The molecule has 4 rings (SSSR count). The molecule has 0 fully saturated rings. The predicted octanol–water partition coefficient (Wildman–Crippen LogP) is 6.38. The Morgan fingerprint density at radius 1 is 0.917 bits per heavy atom. The van der Waals surface area contributed by atoms with Crippen molar-refractivity contribution in [1.82, 2.24) is 0 Å². The number of aryl methyl sites for hydroxylation is 4. The van der Waals surface area contributed by atoms with Gasteiger partial charge in [0.05, 0.1) is 23.4 Å². The van der Waals surface area contributed by atoms with Crippen molar-refractivity contribution in [3.63, 3.8) is 0 Å². The van der Waals surface area contributed by atoms with E-state index in [1.807, 2.05) is 51.1 Å². The maximum Gasteiger partial charge on any atom is 0.211 e. The van der Waals surface area contributed by atoms with Crippen LogP contribution in [0.2, 0.25) is 0 Å². The molecule has 0 amide bonds. The van der Waals surface area contributed by atoms with Crippen LogP contribution in [0.3, 0.4) is 0 Å². The Kier molecular flexibility index (Phi) is 6.93. The molecule has 1 heterocycles. The van der Waals surface area contributed by atoms with Crippen LogP contribution in [0.25, 0.3) is 0 Å². The first-order valence-corrected chi connectivity index (χ1v) is 13.6. The van der Waals surface area contributed by atoms with Gasteiger partial charge in [0.15, 0.2) is 0 Å². The number of sulfone groups is 1. The fraction of sp³-hybridized carbons (Fsp3) is 0.179. The standard InChI is InChI=1S/C28H28N2O4S2/c1-16-11-13-23(19(4)14-16)36(32,33)27-24(29)26(25(31)20-15-17(2)10-12-18(20)3)35-28(27)30-21-8-6-7-9-22(21)34-5/h6-15,30H,29H2,1-5H3. The largest absolute Gasteiger partial charge is 0.495 e. The molecule has 36 heavy (non-hydrogen) atoms. The lowest BCUT2D eigenvalue weighted by atomic mass is 10.0. The second kappa shape index (κ2) is 9.79. The lowest BCUT2D eigenvalue weighted by molar-refractivity contribution is 0.104. The molecule has 0 atom stereocenters. The van der Waals surface area contributed by atoms with Crippen LogP contribution in [-0.2, 0) is 9.84 Å². The van der Waals surface area contributed by atoms with E-state index < -0.39 is 9.84 Å². The van der Waals surface area contributed by atoms with Crippen LogP contribution in [0.4, 0.5) is 16.4 Å². The number of rotatable bonds is 7. The topological polar surface area (TPSA) is 98.5 Å². The van der Waals surface area contributed by atoms with Crippen LogP contribution in [0, 0.1) is 27.7 Å². The quantitative estimate of drug-likeness (QED) is 0.274. The van der Waals surface area contributed by atoms with E-state index in [9.17, 15) is 13.2 Å². The van der Waals surface area contributed by atoms with Crippen molar-refractivity contribution in [2.45, 2.75) is 37.5 Å². The summed E-state index contributed by atoms with van der Waals surface area (Å²) >= 11 is 1.03. The fourth-order valence-electron chi connectivity index (χ4n) is 4.13. The zero-order valence-electron chi connectivity index (χ0n) is 20.8. The van der Waals surface area contributed by atoms with Gasteiger partial charge in [-0.1, -0.05) is 47.5 Å². The van der Waals surface area contributed by atoms with Gasteiger partial charge in [-0.15, -0.1) is 11.3 Å². The number of ketones is 1. The number of benzene rings is 3. The molecule has 6 nitrogen and oxygen atoms in total. The summed E-state index contributed by atoms with van der Waals surface area (Å²) in [5, 5.41) is 3.43. The summed E-state index contributed by atoms with van der Waals surface area (Å²) in [6.45, 7) is 7.40. The molecule has 4 aromatic rings. The summed E-state index contributed by atoms with van der Waals surface area (Å²) in [7, 11) is -2.54. The number of nitrogen functional groups attached to an aromatic ring is 1. The first kappa shape index (κ1) is 25.5. The van der Waals surface area contributed by atoms with Gasteiger partial charge in [-0.25, -0.2) is 8.42 Å². The number of para-hydroxylation sites is 2. The highest BCUT2D eigenvalue weighted by Crippen LogP contribution is 2.45. The van der Waals surface area contributed by atoms with Gasteiger partial charge in [0, 0.05) is 5.56 Å². The SMILES string of the molecule is COc1ccccc1Nc1sc(C(=O)c2cc(C)ccc2C)c(N)c1S(=O)(=O)c1ccc(C)cc1C. The van der Waals surface area contributed by atoms with E-state index in [4.69, 9.17) is 10.5 Å². The molecule has 0 saturated heterocycles. The molecule has 0 bridgehead atoms. The zero-order valence-corrected chi connectivity index (χ0v) is 22.4. The Balaban J connectivity index is 1.95. The number of carbonyl (C=O) groups is 1. The molecule has 0 radical (unpaired) electrons. The number of anilines is 3. The summed E-state index contributed by atoms with van der Waals surface area (Å²) in [4.78, 5) is 13.8. The molecule has 3 N–H and O–H groups in total. The van der Waals surface area contributed by atoms with E-state index >= 15 is 0 Å². The predicted molar refractivity (Wildman–Crippen MR) is 146 cm³/mol. The second-order valence-electron chi connectivity index (χ2n) is 8.75. The number of carbonyl (C=O) groups excluding carboxylic acids is 1. The van der Waals surface area contributed by atoms with Crippen molar-refractivity contribution in [1.29, 1.82) is 0 Å². The molecule has 0 aliphatic rings. The summed E-state index contributed by atoms with van der Waals surface area (Å²) in [5.41, 5.74) is 10.7. The number of thiophene rings is 1. The van der Waals surface area contributed by atoms with Crippen LogP contribution >= 0.6 is 11.3 Å². The summed E-state index contributed by atoms with van der Waals surface area (Å²) < 4.78 is 33.4. The molecule has 0 unspecified atom stereocenters. The molecule has 1 aromatic heterocycles. The summed E-state index contributed by atoms with van der Waals surface area (Å²) in [6, 6.07) is 17.9. The van der Waals surface area contributed by atoms with Gasteiger partial charge >= 0.3 is 0 Å². The Bertz CT molecular complexity index is 1590. The highest BCUT2D eigenvalue weighted by Gasteiger charge is 2.33. The molecule has 3 aromatic carbocycles. The minimum absolute atomic E-state index is 0.0664. The molecule has 0 aliphatic heterocycles. The van der Waals surface area contributed by atoms with Crippen LogP contribution in [-0.4, -0.2) is 21.3 Å². The number of nitrogens with two attached hydrogens (primary N) is 1. The van der Waals surface area contributed by atoms with E-state index in [2.05, 4.69) is 5.32 Å². The minimum Gasteiger partial charge on any atom is -0.495 e. The van der Waals surface area contributed by atoms with Gasteiger partial charge in [0.1, 0.15) is 20.5 Å². The maximum absolute atomic E-state index is 14.0. The van der Waals surface area contributed by atoms with Crippen molar-refractivity contribution in [3.8, 4) is 5.75 Å². The molecule has 0 spiro atoms. The minimum atomic E-state index is -4.07. The third kappa shape index (κ3) is 4.62. The normalized spacial score (nSPS) is 11.4. The number of methoxy groups -OCH3 is 1. The monoisotopic (exact) mass is 520 g/mol. The van der Waals surface area contributed by atoms with E-state index in [1.165, 1.54) is 7.11 Å². The van der Waals surface area contributed by atoms with Crippen molar-refractivity contribution < 1.29 is 17.9 Å². The van der Waals surface area contributed by atoms with Gasteiger partial charge < -0.3 is 15.8 Å². The number of ether oxygens (including phenoxy) is 1. The van der Waals surface area contributed by atoms with E-state index in [0.717, 1.165) is 28.0 Å². The smallest absolute Gasteiger partial charge is 0.211 e. The van der Waals surface area contributed by atoms with Crippen molar-refractivity contribution in [2.24, 2.45) is 0 Å².